The summed E-state index contributed by atoms with van der Waals surface area (Å²) in [5.74, 6) is -0.251. The zero-order chi connectivity index (χ0) is 12.8. The van der Waals surface area contributed by atoms with Crippen LogP contribution in [0.1, 0.15) is 32.6 Å². The largest absolute Gasteiger partial charge is 0.469 e. The number of halogens is 1. The van der Waals surface area contributed by atoms with Gasteiger partial charge in [-0.15, -0.1) is 11.6 Å². The van der Waals surface area contributed by atoms with Gasteiger partial charge >= 0.3 is 5.97 Å². The first-order valence-corrected chi connectivity index (χ1v) is 6.49. The molecule has 3 atom stereocenters. The monoisotopic (exact) mass is 261 g/mol. The summed E-state index contributed by atoms with van der Waals surface area (Å²) in [6, 6.07) is 0. The Labute approximate surface area is 107 Å². The Bertz CT molecular complexity index is 281. The fourth-order valence-corrected chi connectivity index (χ4v) is 2.36. The molecule has 5 heteroatoms. The molecule has 0 heterocycles. The number of carbonyl (C=O) groups is 2. The van der Waals surface area contributed by atoms with Crippen molar-refractivity contribution in [3.63, 3.8) is 0 Å². The van der Waals surface area contributed by atoms with Crippen molar-refractivity contribution in [2.75, 3.05) is 13.7 Å². The number of nitrogens with one attached hydrogen (secondary N) is 1. The minimum atomic E-state index is -0.532. The maximum atomic E-state index is 11.6. The van der Waals surface area contributed by atoms with E-state index in [-0.39, 0.29) is 23.7 Å². The van der Waals surface area contributed by atoms with E-state index in [2.05, 4.69) is 5.32 Å². The van der Waals surface area contributed by atoms with Gasteiger partial charge in [-0.1, -0.05) is 12.8 Å². The van der Waals surface area contributed by atoms with Gasteiger partial charge in [-0.2, -0.15) is 0 Å². The van der Waals surface area contributed by atoms with Gasteiger partial charge in [0.05, 0.1) is 13.0 Å². The lowest BCUT2D eigenvalue weighted by molar-refractivity contribution is -0.148. The topological polar surface area (TPSA) is 55.4 Å². The second-order valence-electron chi connectivity index (χ2n) is 4.54. The lowest BCUT2D eigenvalue weighted by Gasteiger charge is -2.29. The minimum absolute atomic E-state index is 0.0836. The van der Waals surface area contributed by atoms with Crippen molar-refractivity contribution < 1.29 is 14.3 Å². The molecule has 4 nitrogen and oxygen atoms in total. The van der Waals surface area contributed by atoms with E-state index in [1.807, 2.05) is 0 Å². The number of ether oxygens (including phenoxy) is 1. The number of esters is 1. The molecule has 0 saturated heterocycles. The van der Waals surface area contributed by atoms with E-state index in [0.717, 1.165) is 25.7 Å². The number of carbonyl (C=O) groups excluding carboxylic acids is 2. The van der Waals surface area contributed by atoms with Gasteiger partial charge in [0.1, 0.15) is 5.38 Å². The molecule has 1 aliphatic carbocycles. The average Bonchev–Trinajstić information content (AvgIpc) is 2.35. The number of hydrogen-bond acceptors (Lipinski definition) is 3. The summed E-state index contributed by atoms with van der Waals surface area (Å²) in [6.07, 6.45) is 3.96. The van der Waals surface area contributed by atoms with Crippen LogP contribution in [0.3, 0.4) is 0 Å². The molecule has 17 heavy (non-hydrogen) atoms. The Kier molecular flexibility index (Phi) is 5.75. The standard InChI is InChI=1S/C12H20ClNO3/c1-8(13)11(15)14-7-9-5-3-4-6-10(9)12(16)17-2/h8-10H,3-7H2,1-2H3,(H,14,15). The Morgan fingerprint density at radius 2 is 2.06 bits per heavy atom. The molecule has 1 rings (SSSR count). The molecule has 1 fully saturated rings. The quantitative estimate of drug-likeness (QED) is 0.619. The number of alkyl halides is 1. The van der Waals surface area contributed by atoms with Gasteiger partial charge in [0, 0.05) is 6.54 Å². The van der Waals surface area contributed by atoms with Crippen LogP contribution in [0.2, 0.25) is 0 Å². The van der Waals surface area contributed by atoms with Crippen molar-refractivity contribution in [3.05, 3.63) is 0 Å². The average molecular weight is 262 g/mol. The van der Waals surface area contributed by atoms with Gasteiger partial charge in [-0.05, 0) is 25.7 Å². The molecule has 1 amide bonds. The second-order valence-corrected chi connectivity index (χ2v) is 5.19. The van der Waals surface area contributed by atoms with Crippen molar-refractivity contribution >= 4 is 23.5 Å². The van der Waals surface area contributed by atoms with Crippen LogP contribution < -0.4 is 5.32 Å². The van der Waals surface area contributed by atoms with Gasteiger partial charge < -0.3 is 10.1 Å². The first-order chi connectivity index (χ1) is 8.06. The molecule has 0 aliphatic heterocycles. The van der Waals surface area contributed by atoms with Gasteiger partial charge in [0.2, 0.25) is 5.91 Å². The summed E-state index contributed by atoms with van der Waals surface area (Å²) in [4.78, 5) is 23.0. The molecule has 0 aromatic rings. The number of rotatable bonds is 4. The molecule has 1 saturated carbocycles. The van der Waals surface area contributed by atoms with Crippen LogP contribution in [0.25, 0.3) is 0 Å². The molecular formula is C12H20ClNO3. The first kappa shape index (κ1) is 14.3. The van der Waals surface area contributed by atoms with Crippen LogP contribution in [0.5, 0.6) is 0 Å². The summed E-state index contributed by atoms with van der Waals surface area (Å²) < 4.78 is 4.80. The third-order valence-electron chi connectivity index (χ3n) is 3.31. The normalized spacial score (nSPS) is 26.1. The SMILES string of the molecule is COC(=O)C1CCCCC1CNC(=O)C(C)Cl. The van der Waals surface area contributed by atoms with Crippen LogP contribution in [-0.2, 0) is 14.3 Å². The summed E-state index contributed by atoms with van der Waals surface area (Å²) in [5.41, 5.74) is 0. The van der Waals surface area contributed by atoms with Crippen molar-refractivity contribution in [2.24, 2.45) is 11.8 Å². The molecule has 0 aromatic heterocycles. The van der Waals surface area contributed by atoms with Gasteiger partial charge in [0.25, 0.3) is 0 Å². The molecule has 1 N–H and O–H groups in total. The van der Waals surface area contributed by atoms with Crippen LogP contribution in [0.4, 0.5) is 0 Å². The molecule has 98 valence electrons. The third-order valence-corrected chi connectivity index (χ3v) is 3.51. The summed E-state index contributed by atoms with van der Waals surface area (Å²) in [7, 11) is 1.41. The van der Waals surface area contributed by atoms with E-state index in [1.165, 1.54) is 7.11 Å². The van der Waals surface area contributed by atoms with Crippen LogP contribution in [-0.4, -0.2) is 30.9 Å². The lowest BCUT2D eigenvalue weighted by Crippen LogP contribution is -2.39. The maximum Gasteiger partial charge on any atom is 0.309 e. The lowest BCUT2D eigenvalue weighted by atomic mass is 9.79. The predicted octanol–water partition coefficient (Wildman–Crippen LogP) is 1.71. The Morgan fingerprint density at radius 1 is 1.41 bits per heavy atom. The first-order valence-electron chi connectivity index (χ1n) is 6.06. The molecule has 0 bridgehead atoms. The molecule has 0 spiro atoms. The van der Waals surface area contributed by atoms with E-state index in [4.69, 9.17) is 16.3 Å². The Hall–Kier alpha value is -0.770. The van der Waals surface area contributed by atoms with Gasteiger partial charge in [0.15, 0.2) is 0 Å². The van der Waals surface area contributed by atoms with Crippen molar-refractivity contribution in [1.82, 2.24) is 5.32 Å². The Balaban J connectivity index is 2.48. The van der Waals surface area contributed by atoms with Gasteiger partial charge in [-0.25, -0.2) is 0 Å². The number of methoxy groups -OCH3 is 1. The Morgan fingerprint density at radius 3 is 2.65 bits per heavy atom. The predicted molar refractivity (Wildman–Crippen MR) is 65.8 cm³/mol. The van der Waals surface area contributed by atoms with E-state index >= 15 is 0 Å². The highest BCUT2D eigenvalue weighted by Gasteiger charge is 2.31. The molecule has 1 aliphatic rings. The van der Waals surface area contributed by atoms with Crippen LogP contribution in [0, 0.1) is 11.8 Å². The maximum absolute atomic E-state index is 11.6. The summed E-state index contributed by atoms with van der Waals surface area (Å²) in [6.45, 7) is 2.14. The van der Waals surface area contributed by atoms with Crippen molar-refractivity contribution in [3.8, 4) is 0 Å². The smallest absolute Gasteiger partial charge is 0.309 e. The highest BCUT2D eigenvalue weighted by atomic mass is 35.5. The van der Waals surface area contributed by atoms with Gasteiger partial charge in [-0.3, -0.25) is 9.59 Å². The minimum Gasteiger partial charge on any atom is -0.469 e. The molecular weight excluding hydrogens is 242 g/mol. The van der Waals surface area contributed by atoms with E-state index in [0.29, 0.717) is 6.54 Å². The second kappa shape index (κ2) is 6.84. The molecule has 3 unspecified atom stereocenters. The van der Waals surface area contributed by atoms with Crippen molar-refractivity contribution in [2.45, 2.75) is 38.0 Å². The summed E-state index contributed by atoms with van der Waals surface area (Å²) >= 11 is 5.67. The number of hydrogen-bond donors (Lipinski definition) is 1. The van der Waals surface area contributed by atoms with Crippen molar-refractivity contribution in [1.29, 1.82) is 0 Å². The van der Waals surface area contributed by atoms with E-state index in [1.54, 1.807) is 6.92 Å². The third kappa shape index (κ3) is 4.19. The fourth-order valence-electron chi connectivity index (χ4n) is 2.29. The van der Waals surface area contributed by atoms with E-state index < -0.39 is 5.38 Å². The number of amides is 1. The summed E-state index contributed by atoms with van der Waals surface area (Å²) in [5, 5.41) is 2.25. The molecule has 0 radical (unpaired) electrons. The van der Waals surface area contributed by atoms with Crippen LogP contribution in [0.15, 0.2) is 0 Å². The highest BCUT2D eigenvalue weighted by molar-refractivity contribution is 6.30. The zero-order valence-corrected chi connectivity index (χ0v) is 11.1. The fraction of sp³-hybridized carbons (Fsp3) is 0.833. The van der Waals surface area contributed by atoms with E-state index in [9.17, 15) is 9.59 Å². The van der Waals surface area contributed by atoms with Crippen LogP contribution >= 0.6 is 11.6 Å². The molecule has 0 aromatic carbocycles. The highest BCUT2D eigenvalue weighted by Crippen LogP contribution is 2.30. The zero-order valence-electron chi connectivity index (χ0n) is 10.4.